The molecule has 5 rings (SSSR count). The average molecular weight is 620 g/mol. The van der Waals surface area contributed by atoms with Crippen molar-refractivity contribution in [1.82, 2.24) is 30.8 Å². The van der Waals surface area contributed by atoms with Crippen molar-refractivity contribution in [3.63, 3.8) is 0 Å². The number of amides is 4. The maximum Gasteiger partial charge on any atom is 0.352 e. The van der Waals surface area contributed by atoms with Crippen molar-refractivity contribution in [2.24, 2.45) is 0 Å². The highest BCUT2D eigenvalue weighted by atomic mass is 32.2. The summed E-state index contributed by atoms with van der Waals surface area (Å²) in [4.78, 5) is 72.8. The van der Waals surface area contributed by atoms with Gasteiger partial charge in [-0.3, -0.25) is 24.1 Å². The molecule has 2 fully saturated rings. The van der Waals surface area contributed by atoms with Gasteiger partial charge in [0, 0.05) is 12.7 Å². The molecular formula is C29H29N7O7S. The summed E-state index contributed by atoms with van der Waals surface area (Å²) in [5, 5.41) is 30.2. The van der Waals surface area contributed by atoms with Crippen LogP contribution in [0, 0.1) is 0 Å². The summed E-state index contributed by atoms with van der Waals surface area (Å²) in [7, 11) is 0. The van der Waals surface area contributed by atoms with Crippen LogP contribution in [0.3, 0.4) is 0 Å². The molecule has 3 aromatic rings. The predicted octanol–water partition coefficient (Wildman–Crippen LogP) is 0.971. The van der Waals surface area contributed by atoms with E-state index in [1.807, 2.05) is 30.3 Å². The number of aromatic hydroxyl groups is 1. The molecule has 0 spiro atoms. The van der Waals surface area contributed by atoms with Crippen molar-refractivity contribution < 1.29 is 34.2 Å². The number of carboxylic acid groups (broad SMARTS) is 1. The molecule has 2 aliphatic heterocycles. The van der Waals surface area contributed by atoms with Crippen LogP contribution in [0.1, 0.15) is 41.4 Å². The highest BCUT2D eigenvalue weighted by Gasteiger charge is 2.73. The van der Waals surface area contributed by atoms with Gasteiger partial charge in [-0.15, -0.1) is 11.8 Å². The zero-order valence-corrected chi connectivity index (χ0v) is 24.4. The topological polar surface area (TPSA) is 203 Å². The predicted molar refractivity (Wildman–Crippen MR) is 158 cm³/mol. The quantitative estimate of drug-likeness (QED) is 0.132. The standard InChI is InChI=1S/C29H29N7O7S/c1-28(2)29(26(42)43,32-15-37)36-24(41)20(25(36)44-28)34-23(40)19(17-11-7-4-8-12-17)33-21(38)18-14-31-27(35-22(18)39)30-13-16-9-5-3-6-10-16/h3-12,14-15,19-20,25H,13H2,1-2H3,(H,32,37)(H,33,38)(H,34,40)(H,42,43)(H2,30,31,35,39)/t19?,20-,25+,29-/m0/s1. The van der Waals surface area contributed by atoms with Crippen molar-refractivity contribution in [1.29, 1.82) is 0 Å². The molecule has 228 valence electrons. The molecule has 2 aliphatic rings. The molecule has 4 amide bonds. The first kappa shape index (κ1) is 30.3. The SMILES string of the molecule is CC1(C)S[C@@H]2[C@@H](NC(=O)C(NC(=O)c3cnc(NCc4ccccc4)nc3O)c3ccccc3)C(=O)N2[C@@]1(NC=O)C(=O)O. The number of fused-ring (bicyclic) bond motifs is 1. The molecule has 0 aliphatic carbocycles. The highest BCUT2D eigenvalue weighted by molar-refractivity contribution is 8.01. The maximum atomic E-state index is 13.6. The van der Waals surface area contributed by atoms with Crippen LogP contribution in [0.25, 0.3) is 0 Å². The van der Waals surface area contributed by atoms with E-state index in [0.29, 0.717) is 12.1 Å². The summed E-state index contributed by atoms with van der Waals surface area (Å²) in [6.07, 6.45) is 1.35. The fourth-order valence-electron chi connectivity index (χ4n) is 5.29. The largest absolute Gasteiger partial charge is 0.493 e. The van der Waals surface area contributed by atoms with E-state index in [-0.39, 0.29) is 17.9 Å². The number of rotatable bonds is 11. The van der Waals surface area contributed by atoms with Gasteiger partial charge in [0.2, 0.25) is 29.8 Å². The number of anilines is 1. The summed E-state index contributed by atoms with van der Waals surface area (Å²) in [6.45, 7) is 3.54. The van der Waals surface area contributed by atoms with Crippen LogP contribution in [0.15, 0.2) is 66.9 Å². The van der Waals surface area contributed by atoms with Crippen LogP contribution in [-0.4, -0.2) is 77.0 Å². The van der Waals surface area contributed by atoms with Gasteiger partial charge in [0.15, 0.2) is 0 Å². The second-order valence-electron chi connectivity index (χ2n) is 10.6. The number of carboxylic acids is 1. The number of carbonyl (C=O) groups is 5. The summed E-state index contributed by atoms with van der Waals surface area (Å²) >= 11 is 1.12. The molecule has 2 saturated heterocycles. The van der Waals surface area contributed by atoms with E-state index in [0.717, 1.165) is 28.4 Å². The number of thioether (sulfide) groups is 1. The molecule has 15 heteroatoms. The molecule has 6 N–H and O–H groups in total. The lowest BCUT2D eigenvalue weighted by molar-refractivity contribution is -0.175. The molecule has 4 atom stereocenters. The van der Waals surface area contributed by atoms with E-state index in [1.54, 1.807) is 44.2 Å². The minimum absolute atomic E-state index is 0.0896. The fraction of sp³-hybridized carbons (Fsp3) is 0.276. The van der Waals surface area contributed by atoms with E-state index in [4.69, 9.17) is 0 Å². The lowest BCUT2D eigenvalue weighted by Crippen LogP contribution is -2.79. The van der Waals surface area contributed by atoms with Crippen molar-refractivity contribution in [2.45, 2.75) is 48.3 Å². The van der Waals surface area contributed by atoms with E-state index in [1.165, 1.54) is 0 Å². The van der Waals surface area contributed by atoms with Crippen LogP contribution in [0.4, 0.5) is 5.95 Å². The zero-order chi connectivity index (χ0) is 31.6. The van der Waals surface area contributed by atoms with Crippen molar-refractivity contribution in [3.05, 3.63) is 83.6 Å². The Labute approximate surface area is 255 Å². The van der Waals surface area contributed by atoms with Gasteiger partial charge in [-0.05, 0) is 25.0 Å². The Morgan fingerprint density at radius 3 is 2.36 bits per heavy atom. The van der Waals surface area contributed by atoms with Crippen molar-refractivity contribution >= 4 is 47.8 Å². The molecule has 1 aromatic heterocycles. The van der Waals surface area contributed by atoms with Gasteiger partial charge in [-0.1, -0.05) is 60.7 Å². The van der Waals surface area contributed by atoms with Gasteiger partial charge in [0.1, 0.15) is 23.0 Å². The smallest absolute Gasteiger partial charge is 0.352 e. The lowest BCUT2D eigenvalue weighted by atomic mass is 9.88. The zero-order valence-electron chi connectivity index (χ0n) is 23.6. The summed E-state index contributed by atoms with van der Waals surface area (Å²) in [5.41, 5.74) is -0.968. The van der Waals surface area contributed by atoms with Crippen LogP contribution in [0.5, 0.6) is 5.88 Å². The van der Waals surface area contributed by atoms with Crippen LogP contribution in [-0.2, 0) is 25.7 Å². The number of hydrogen-bond donors (Lipinski definition) is 6. The Morgan fingerprint density at radius 2 is 1.75 bits per heavy atom. The minimum Gasteiger partial charge on any atom is -0.493 e. The molecule has 14 nitrogen and oxygen atoms in total. The number of β-lactam (4-membered cyclic amide) rings is 1. The average Bonchev–Trinajstić information content (AvgIpc) is 3.22. The van der Waals surface area contributed by atoms with Crippen molar-refractivity contribution in [2.75, 3.05) is 5.32 Å². The maximum absolute atomic E-state index is 13.6. The van der Waals surface area contributed by atoms with Crippen LogP contribution < -0.4 is 21.3 Å². The first-order chi connectivity index (χ1) is 21.0. The van der Waals surface area contributed by atoms with Gasteiger partial charge in [-0.25, -0.2) is 9.78 Å². The Morgan fingerprint density at radius 1 is 1.09 bits per heavy atom. The van der Waals surface area contributed by atoms with Crippen LogP contribution in [0.2, 0.25) is 0 Å². The van der Waals surface area contributed by atoms with Gasteiger partial charge >= 0.3 is 5.97 Å². The number of hydrogen-bond acceptors (Lipinski definition) is 10. The fourth-order valence-corrected chi connectivity index (χ4v) is 7.00. The normalized spacial score (nSPS) is 22.1. The third kappa shape index (κ3) is 5.25. The molecule has 3 heterocycles. The Kier molecular flexibility index (Phi) is 8.15. The number of nitrogens with one attached hydrogen (secondary N) is 4. The number of aromatic nitrogens is 2. The molecule has 1 unspecified atom stereocenters. The second-order valence-corrected chi connectivity index (χ2v) is 12.3. The van der Waals surface area contributed by atoms with E-state index < -0.39 is 57.4 Å². The van der Waals surface area contributed by atoms with Gasteiger partial charge in [0.25, 0.3) is 11.8 Å². The Hall–Kier alpha value is -5.18. The number of nitrogens with zero attached hydrogens (tertiary/aromatic N) is 3. The molecule has 0 saturated carbocycles. The molecule has 0 bridgehead atoms. The third-order valence-corrected chi connectivity index (χ3v) is 9.15. The van der Waals surface area contributed by atoms with Gasteiger partial charge in [0.05, 0.1) is 4.75 Å². The first-order valence-electron chi connectivity index (χ1n) is 13.5. The van der Waals surface area contributed by atoms with Crippen LogP contribution >= 0.6 is 11.8 Å². The highest BCUT2D eigenvalue weighted by Crippen LogP contribution is 2.55. The van der Waals surface area contributed by atoms with Crippen molar-refractivity contribution in [3.8, 4) is 5.88 Å². The molecule has 2 aromatic carbocycles. The minimum atomic E-state index is -2.02. The number of aliphatic carboxylic acids is 1. The number of benzene rings is 2. The monoisotopic (exact) mass is 619 g/mol. The summed E-state index contributed by atoms with van der Waals surface area (Å²) in [6, 6.07) is 15.2. The van der Waals surface area contributed by atoms with Gasteiger partial charge < -0.3 is 31.5 Å². The van der Waals surface area contributed by atoms with E-state index in [2.05, 4.69) is 31.2 Å². The number of carbonyl (C=O) groups excluding carboxylic acids is 4. The van der Waals surface area contributed by atoms with E-state index >= 15 is 0 Å². The molecule has 0 radical (unpaired) electrons. The van der Waals surface area contributed by atoms with E-state index in [9.17, 15) is 34.2 Å². The Bertz CT molecular complexity index is 1610. The summed E-state index contributed by atoms with van der Waals surface area (Å²) in [5.74, 6) is -4.24. The van der Waals surface area contributed by atoms with Gasteiger partial charge in [-0.2, -0.15) is 4.98 Å². The molecular weight excluding hydrogens is 590 g/mol. The third-order valence-electron chi connectivity index (χ3n) is 7.54. The Balaban J connectivity index is 1.32. The second kappa shape index (κ2) is 11.8. The molecule has 44 heavy (non-hydrogen) atoms. The first-order valence-corrected chi connectivity index (χ1v) is 14.3. The summed E-state index contributed by atoms with van der Waals surface area (Å²) < 4.78 is -1.15. The lowest BCUT2D eigenvalue weighted by Gasteiger charge is -2.49.